The van der Waals surface area contributed by atoms with Crippen LogP contribution in [-0.2, 0) is 5.41 Å². The van der Waals surface area contributed by atoms with E-state index in [4.69, 9.17) is 5.26 Å². The van der Waals surface area contributed by atoms with Crippen molar-refractivity contribution < 1.29 is 0 Å². The molecule has 0 N–H and O–H groups in total. The molecule has 2 aromatic carbocycles. The lowest BCUT2D eigenvalue weighted by Crippen LogP contribution is -2.10. The van der Waals surface area contributed by atoms with Crippen LogP contribution >= 0.6 is 27.7 Å². The lowest BCUT2D eigenvalue weighted by molar-refractivity contribution is 0.590. The van der Waals surface area contributed by atoms with Gasteiger partial charge in [-0.3, -0.25) is 4.57 Å². The lowest BCUT2D eigenvalue weighted by atomic mass is 9.87. The molecule has 0 saturated carbocycles. The molecular weight excluding hydrogens is 408 g/mol. The fourth-order valence-electron chi connectivity index (χ4n) is 2.59. The Hall–Kier alpha value is -2.10. The predicted octanol–water partition coefficient (Wildman–Crippen LogP) is 5.61. The van der Waals surface area contributed by atoms with Gasteiger partial charge in [0.15, 0.2) is 11.0 Å². The Morgan fingerprint density at radius 3 is 2.27 bits per heavy atom. The summed E-state index contributed by atoms with van der Waals surface area (Å²) in [6.07, 6.45) is 0. The van der Waals surface area contributed by atoms with Gasteiger partial charge in [0.05, 0.1) is 11.8 Å². The minimum Gasteiger partial charge on any atom is -0.270 e. The fourth-order valence-corrected chi connectivity index (χ4v) is 3.47. The summed E-state index contributed by atoms with van der Waals surface area (Å²) in [7, 11) is 0. The number of nitriles is 1. The molecule has 0 aliphatic carbocycles. The smallest absolute Gasteiger partial charge is 0.197 e. The average Bonchev–Trinajstić information content (AvgIpc) is 3.04. The third-order valence-corrected chi connectivity index (χ3v) is 5.32. The van der Waals surface area contributed by atoms with E-state index in [1.165, 1.54) is 17.3 Å². The molecule has 0 fully saturated rings. The number of benzene rings is 2. The number of aromatic nitrogens is 3. The van der Waals surface area contributed by atoms with E-state index >= 15 is 0 Å². The van der Waals surface area contributed by atoms with Gasteiger partial charge in [0, 0.05) is 15.7 Å². The highest BCUT2D eigenvalue weighted by atomic mass is 79.9. The zero-order valence-corrected chi connectivity index (χ0v) is 17.3. The number of hydrogen-bond donors (Lipinski definition) is 0. The molecule has 1 heterocycles. The van der Waals surface area contributed by atoms with E-state index in [-0.39, 0.29) is 5.41 Å². The first-order valence-corrected chi connectivity index (χ1v) is 10.00. The largest absolute Gasteiger partial charge is 0.270 e. The van der Waals surface area contributed by atoms with Crippen LogP contribution in [0.1, 0.15) is 26.3 Å². The molecule has 4 nitrogen and oxygen atoms in total. The Bertz CT molecular complexity index is 932. The van der Waals surface area contributed by atoms with Gasteiger partial charge < -0.3 is 0 Å². The molecule has 0 saturated heterocycles. The van der Waals surface area contributed by atoms with Crippen molar-refractivity contribution in [2.75, 3.05) is 5.75 Å². The lowest BCUT2D eigenvalue weighted by Gasteiger charge is -2.19. The second kappa shape index (κ2) is 7.65. The number of halogens is 1. The normalized spacial score (nSPS) is 11.3. The number of thioether (sulfide) groups is 1. The molecule has 0 amide bonds. The number of nitrogens with zero attached hydrogens (tertiary/aromatic N) is 4. The van der Waals surface area contributed by atoms with E-state index in [0.717, 1.165) is 21.5 Å². The van der Waals surface area contributed by atoms with Crippen molar-refractivity contribution in [3.8, 4) is 23.1 Å². The molecule has 0 bridgehead atoms. The summed E-state index contributed by atoms with van der Waals surface area (Å²) in [5, 5.41) is 18.3. The molecule has 26 heavy (non-hydrogen) atoms. The highest BCUT2D eigenvalue weighted by Gasteiger charge is 2.18. The zero-order chi connectivity index (χ0) is 18.7. The highest BCUT2D eigenvalue weighted by Crippen LogP contribution is 2.30. The predicted molar refractivity (Wildman–Crippen MR) is 110 cm³/mol. The van der Waals surface area contributed by atoms with E-state index < -0.39 is 0 Å². The fraction of sp³-hybridized carbons (Fsp3) is 0.250. The Morgan fingerprint density at radius 1 is 1.04 bits per heavy atom. The quantitative estimate of drug-likeness (QED) is 0.508. The first-order valence-electron chi connectivity index (χ1n) is 8.22. The summed E-state index contributed by atoms with van der Waals surface area (Å²) in [6, 6.07) is 18.6. The van der Waals surface area contributed by atoms with Crippen molar-refractivity contribution in [3.05, 3.63) is 58.6 Å². The van der Waals surface area contributed by atoms with Crippen molar-refractivity contribution in [2.24, 2.45) is 0 Å². The number of hydrogen-bond acceptors (Lipinski definition) is 4. The standard InChI is InChI=1S/C20H19BrN4S/c1-20(2,3)15-6-4-14(5-7-15)18-23-24-19(26-13-12-22)25(18)17-10-8-16(21)9-11-17/h4-11H,13H2,1-3H3. The summed E-state index contributed by atoms with van der Waals surface area (Å²) in [4.78, 5) is 0. The van der Waals surface area contributed by atoms with Crippen LogP contribution in [0.25, 0.3) is 17.1 Å². The maximum Gasteiger partial charge on any atom is 0.197 e. The van der Waals surface area contributed by atoms with Gasteiger partial charge in [-0.25, -0.2) is 0 Å². The highest BCUT2D eigenvalue weighted by molar-refractivity contribution is 9.10. The summed E-state index contributed by atoms with van der Waals surface area (Å²) in [5.74, 6) is 1.10. The second-order valence-electron chi connectivity index (χ2n) is 6.89. The SMILES string of the molecule is CC(C)(C)c1ccc(-c2nnc(SCC#N)n2-c2ccc(Br)cc2)cc1. The minimum absolute atomic E-state index is 0.103. The van der Waals surface area contributed by atoms with Gasteiger partial charge in [-0.1, -0.05) is 72.7 Å². The molecule has 3 rings (SSSR count). The average molecular weight is 427 g/mol. The Morgan fingerprint density at radius 2 is 1.69 bits per heavy atom. The van der Waals surface area contributed by atoms with Crippen LogP contribution in [0.5, 0.6) is 0 Å². The van der Waals surface area contributed by atoms with Crippen LogP contribution in [0.4, 0.5) is 0 Å². The van der Waals surface area contributed by atoms with E-state index in [1.54, 1.807) is 0 Å². The van der Waals surface area contributed by atoms with E-state index in [9.17, 15) is 0 Å². The van der Waals surface area contributed by atoms with Gasteiger partial charge in [-0.2, -0.15) is 5.26 Å². The summed E-state index contributed by atoms with van der Waals surface area (Å²) < 4.78 is 3.01. The van der Waals surface area contributed by atoms with E-state index in [2.05, 4.69) is 77.2 Å². The molecule has 0 unspecified atom stereocenters. The molecule has 6 heteroatoms. The zero-order valence-electron chi connectivity index (χ0n) is 14.9. The van der Waals surface area contributed by atoms with Crippen LogP contribution in [0.2, 0.25) is 0 Å². The topological polar surface area (TPSA) is 54.5 Å². The van der Waals surface area contributed by atoms with Gasteiger partial charge in [0.1, 0.15) is 0 Å². The van der Waals surface area contributed by atoms with Crippen LogP contribution < -0.4 is 0 Å². The molecule has 0 atom stereocenters. The Kier molecular flexibility index (Phi) is 5.49. The van der Waals surface area contributed by atoms with Crippen molar-refractivity contribution in [3.63, 3.8) is 0 Å². The minimum atomic E-state index is 0.103. The summed E-state index contributed by atoms with van der Waals surface area (Å²) >= 11 is 4.86. The van der Waals surface area contributed by atoms with Crippen molar-refractivity contribution in [1.29, 1.82) is 5.26 Å². The monoisotopic (exact) mass is 426 g/mol. The van der Waals surface area contributed by atoms with Crippen LogP contribution in [0.3, 0.4) is 0 Å². The molecule has 1 aromatic heterocycles. The van der Waals surface area contributed by atoms with Gasteiger partial charge in [0.25, 0.3) is 0 Å². The molecule has 0 aliphatic rings. The number of rotatable bonds is 4. The van der Waals surface area contributed by atoms with Crippen LogP contribution in [0, 0.1) is 11.3 Å². The molecule has 3 aromatic rings. The maximum atomic E-state index is 8.92. The molecule has 0 aliphatic heterocycles. The molecule has 0 spiro atoms. The first-order chi connectivity index (χ1) is 12.4. The maximum absolute atomic E-state index is 8.92. The Balaban J connectivity index is 2.08. The van der Waals surface area contributed by atoms with Crippen molar-refractivity contribution in [1.82, 2.24) is 14.8 Å². The first kappa shape index (κ1) is 18.7. The molecule has 0 radical (unpaired) electrons. The van der Waals surface area contributed by atoms with Gasteiger partial charge in [-0.15, -0.1) is 10.2 Å². The van der Waals surface area contributed by atoms with Crippen molar-refractivity contribution >= 4 is 27.7 Å². The van der Waals surface area contributed by atoms with E-state index in [1.807, 2.05) is 28.8 Å². The van der Waals surface area contributed by atoms with Gasteiger partial charge in [0.2, 0.25) is 0 Å². The second-order valence-corrected chi connectivity index (χ2v) is 8.75. The third-order valence-electron chi connectivity index (χ3n) is 3.99. The third kappa shape index (κ3) is 4.00. The van der Waals surface area contributed by atoms with Crippen LogP contribution in [-0.4, -0.2) is 20.5 Å². The Labute approximate surface area is 166 Å². The summed E-state index contributed by atoms with van der Waals surface area (Å²) in [6.45, 7) is 6.59. The van der Waals surface area contributed by atoms with Gasteiger partial charge >= 0.3 is 0 Å². The molecule has 132 valence electrons. The van der Waals surface area contributed by atoms with Crippen molar-refractivity contribution in [2.45, 2.75) is 31.3 Å². The van der Waals surface area contributed by atoms with E-state index in [0.29, 0.717) is 10.9 Å². The summed E-state index contributed by atoms with van der Waals surface area (Å²) in [5.41, 5.74) is 3.34. The van der Waals surface area contributed by atoms with Gasteiger partial charge in [-0.05, 0) is 35.2 Å². The molecular formula is C20H19BrN4S. The van der Waals surface area contributed by atoms with Crippen LogP contribution in [0.15, 0.2) is 58.2 Å².